The van der Waals surface area contributed by atoms with E-state index in [-0.39, 0.29) is 0 Å². The van der Waals surface area contributed by atoms with Crippen molar-refractivity contribution in [1.82, 2.24) is 4.90 Å². The third kappa shape index (κ3) is 3.49. The number of rotatable bonds is 3. The first kappa shape index (κ1) is 10.7. The van der Waals surface area contributed by atoms with Gasteiger partial charge in [-0.3, -0.25) is 4.90 Å². The fraction of sp³-hybridized carbons (Fsp3) is 0.818. The SMILES string of the molecule is C/C=C(\CC)CN1CCC(N)CC1. The molecule has 13 heavy (non-hydrogen) atoms. The summed E-state index contributed by atoms with van der Waals surface area (Å²) in [5, 5.41) is 0. The van der Waals surface area contributed by atoms with Gasteiger partial charge in [-0.05, 0) is 39.3 Å². The Kier molecular flexibility index (Phi) is 4.46. The van der Waals surface area contributed by atoms with Gasteiger partial charge in [0.1, 0.15) is 0 Å². The van der Waals surface area contributed by atoms with E-state index in [2.05, 4.69) is 24.8 Å². The molecule has 0 unspecified atom stereocenters. The summed E-state index contributed by atoms with van der Waals surface area (Å²) in [6, 6.07) is 0.451. The van der Waals surface area contributed by atoms with Crippen LogP contribution in [0, 0.1) is 0 Å². The smallest absolute Gasteiger partial charge is 0.0192 e. The number of hydrogen-bond acceptors (Lipinski definition) is 2. The molecule has 0 amide bonds. The van der Waals surface area contributed by atoms with E-state index in [4.69, 9.17) is 5.73 Å². The van der Waals surface area contributed by atoms with Crippen molar-refractivity contribution in [3.63, 3.8) is 0 Å². The lowest BCUT2D eigenvalue weighted by molar-refractivity contribution is 0.228. The van der Waals surface area contributed by atoms with E-state index in [1.807, 2.05) is 0 Å². The Bertz CT molecular complexity index is 167. The number of piperidine rings is 1. The first-order valence-electron chi connectivity index (χ1n) is 5.38. The van der Waals surface area contributed by atoms with Crippen LogP contribution < -0.4 is 5.73 Å². The number of hydrogen-bond donors (Lipinski definition) is 1. The van der Waals surface area contributed by atoms with Crippen molar-refractivity contribution in [2.24, 2.45) is 5.73 Å². The van der Waals surface area contributed by atoms with Gasteiger partial charge in [-0.25, -0.2) is 0 Å². The molecule has 0 atom stereocenters. The van der Waals surface area contributed by atoms with Crippen molar-refractivity contribution in [2.75, 3.05) is 19.6 Å². The molecular formula is C11H22N2. The maximum absolute atomic E-state index is 5.85. The highest BCUT2D eigenvalue weighted by Crippen LogP contribution is 2.11. The molecule has 0 radical (unpaired) electrons. The second-order valence-electron chi connectivity index (χ2n) is 3.91. The fourth-order valence-electron chi connectivity index (χ4n) is 1.81. The van der Waals surface area contributed by atoms with Gasteiger partial charge in [0.25, 0.3) is 0 Å². The molecule has 0 bridgehead atoms. The van der Waals surface area contributed by atoms with Gasteiger partial charge >= 0.3 is 0 Å². The minimum Gasteiger partial charge on any atom is -0.328 e. The lowest BCUT2D eigenvalue weighted by Crippen LogP contribution is -2.40. The lowest BCUT2D eigenvalue weighted by atomic mass is 10.0. The molecular weight excluding hydrogens is 160 g/mol. The standard InChI is InChI=1S/C11H22N2/c1-3-10(4-2)9-13-7-5-11(12)6-8-13/h3,11H,4-9,12H2,1-2H3/b10-3+. The Balaban J connectivity index is 2.29. The van der Waals surface area contributed by atoms with Gasteiger partial charge in [-0.1, -0.05) is 18.6 Å². The highest BCUT2D eigenvalue weighted by molar-refractivity contribution is 5.02. The van der Waals surface area contributed by atoms with Crippen LogP contribution in [0.3, 0.4) is 0 Å². The van der Waals surface area contributed by atoms with E-state index in [0.717, 1.165) is 6.54 Å². The minimum absolute atomic E-state index is 0.451. The van der Waals surface area contributed by atoms with E-state index in [1.165, 1.54) is 32.4 Å². The summed E-state index contributed by atoms with van der Waals surface area (Å²) in [6.45, 7) is 7.87. The van der Waals surface area contributed by atoms with Crippen LogP contribution in [0.2, 0.25) is 0 Å². The van der Waals surface area contributed by atoms with Gasteiger partial charge in [0.2, 0.25) is 0 Å². The summed E-state index contributed by atoms with van der Waals surface area (Å²) < 4.78 is 0. The van der Waals surface area contributed by atoms with E-state index in [1.54, 1.807) is 5.57 Å². The van der Waals surface area contributed by atoms with Crippen molar-refractivity contribution in [2.45, 2.75) is 39.2 Å². The van der Waals surface area contributed by atoms with Crippen LogP contribution in [0.15, 0.2) is 11.6 Å². The highest BCUT2D eigenvalue weighted by Gasteiger charge is 2.15. The molecule has 1 saturated heterocycles. The van der Waals surface area contributed by atoms with Gasteiger partial charge in [-0.15, -0.1) is 0 Å². The molecule has 0 aromatic carbocycles. The third-order valence-corrected chi connectivity index (χ3v) is 2.92. The minimum atomic E-state index is 0.451. The molecule has 0 aliphatic carbocycles. The molecule has 2 N–H and O–H groups in total. The molecule has 2 nitrogen and oxygen atoms in total. The largest absolute Gasteiger partial charge is 0.328 e. The van der Waals surface area contributed by atoms with E-state index in [0.29, 0.717) is 6.04 Å². The van der Waals surface area contributed by atoms with Crippen LogP contribution in [0.4, 0.5) is 0 Å². The van der Waals surface area contributed by atoms with Gasteiger partial charge in [-0.2, -0.15) is 0 Å². The lowest BCUT2D eigenvalue weighted by Gasteiger charge is -2.30. The van der Waals surface area contributed by atoms with Crippen LogP contribution in [0.1, 0.15) is 33.1 Å². The van der Waals surface area contributed by atoms with Crippen molar-refractivity contribution < 1.29 is 0 Å². The second kappa shape index (κ2) is 5.40. The zero-order valence-corrected chi connectivity index (χ0v) is 8.92. The van der Waals surface area contributed by atoms with Crippen LogP contribution >= 0.6 is 0 Å². The van der Waals surface area contributed by atoms with Gasteiger partial charge in [0.15, 0.2) is 0 Å². The summed E-state index contributed by atoms with van der Waals surface area (Å²) in [4.78, 5) is 2.52. The fourth-order valence-corrected chi connectivity index (χ4v) is 1.81. The van der Waals surface area contributed by atoms with Gasteiger partial charge in [0.05, 0.1) is 0 Å². The molecule has 1 aliphatic rings. The van der Waals surface area contributed by atoms with Crippen molar-refractivity contribution in [3.8, 4) is 0 Å². The van der Waals surface area contributed by atoms with Crippen LogP contribution in [0.25, 0.3) is 0 Å². The summed E-state index contributed by atoms with van der Waals surface area (Å²) >= 11 is 0. The number of nitrogens with zero attached hydrogens (tertiary/aromatic N) is 1. The average molecular weight is 182 g/mol. The van der Waals surface area contributed by atoms with Crippen molar-refractivity contribution in [1.29, 1.82) is 0 Å². The highest BCUT2D eigenvalue weighted by atomic mass is 15.1. The molecule has 0 aromatic heterocycles. The van der Waals surface area contributed by atoms with Gasteiger partial charge < -0.3 is 5.73 Å². The first-order chi connectivity index (χ1) is 6.26. The molecule has 1 fully saturated rings. The normalized spacial score (nSPS) is 22.2. The number of nitrogens with two attached hydrogens (primary N) is 1. The molecule has 0 saturated carbocycles. The van der Waals surface area contributed by atoms with E-state index in [9.17, 15) is 0 Å². The summed E-state index contributed by atoms with van der Waals surface area (Å²) in [5.41, 5.74) is 7.40. The topological polar surface area (TPSA) is 29.3 Å². The Hall–Kier alpha value is -0.340. The molecule has 0 spiro atoms. The quantitative estimate of drug-likeness (QED) is 0.674. The monoisotopic (exact) mass is 182 g/mol. The van der Waals surface area contributed by atoms with Crippen molar-refractivity contribution >= 4 is 0 Å². The molecule has 1 heterocycles. The third-order valence-electron chi connectivity index (χ3n) is 2.92. The number of likely N-dealkylation sites (tertiary alicyclic amines) is 1. The zero-order valence-electron chi connectivity index (χ0n) is 8.92. The predicted molar refractivity (Wildman–Crippen MR) is 57.7 cm³/mol. The van der Waals surface area contributed by atoms with E-state index >= 15 is 0 Å². The Morgan fingerprint density at radius 2 is 2.08 bits per heavy atom. The second-order valence-corrected chi connectivity index (χ2v) is 3.91. The van der Waals surface area contributed by atoms with Crippen LogP contribution in [-0.4, -0.2) is 30.6 Å². The maximum atomic E-state index is 5.85. The molecule has 1 aliphatic heterocycles. The number of allylic oxidation sites excluding steroid dienone is 1. The Labute approximate surface area is 81.8 Å². The molecule has 2 heteroatoms. The summed E-state index contributed by atoms with van der Waals surface area (Å²) in [5.74, 6) is 0. The Morgan fingerprint density at radius 1 is 1.46 bits per heavy atom. The molecule has 0 aromatic rings. The zero-order chi connectivity index (χ0) is 9.68. The first-order valence-corrected chi connectivity index (χ1v) is 5.38. The van der Waals surface area contributed by atoms with Crippen molar-refractivity contribution in [3.05, 3.63) is 11.6 Å². The molecule has 1 rings (SSSR count). The van der Waals surface area contributed by atoms with Crippen LogP contribution in [-0.2, 0) is 0 Å². The summed E-state index contributed by atoms with van der Waals surface area (Å²) in [6.07, 6.45) is 5.76. The summed E-state index contributed by atoms with van der Waals surface area (Å²) in [7, 11) is 0. The van der Waals surface area contributed by atoms with Crippen LogP contribution in [0.5, 0.6) is 0 Å². The maximum Gasteiger partial charge on any atom is 0.0192 e. The molecule has 76 valence electrons. The average Bonchev–Trinajstić information content (AvgIpc) is 2.17. The van der Waals surface area contributed by atoms with Gasteiger partial charge in [0, 0.05) is 12.6 Å². The Morgan fingerprint density at radius 3 is 2.54 bits per heavy atom. The predicted octanol–water partition coefficient (Wildman–Crippen LogP) is 1.77. The van der Waals surface area contributed by atoms with E-state index < -0.39 is 0 Å².